The van der Waals surface area contributed by atoms with Crippen LogP contribution >= 0.6 is 0 Å². The summed E-state index contributed by atoms with van der Waals surface area (Å²) < 4.78 is 15.5. The van der Waals surface area contributed by atoms with E-state index in [0.717, 1.165) is 112 Å². The van der Waals surface area contributed by atoms with Gasteiger partial charge >= 0.3 is 5.89 Å². The number of hydrogen-bond donors (Lipinski definition) is 0. The molecular weight excluding hydrogens is 957 g/mol. The van der Waals surface area contributed by atoms with E-state index >= 15 is 0 Å². The van der Waals surface area contributed by atoms with E-state index in [1.54, 1.807) is 0 Å². The van der Waals surface area contributed by atoms with Crippen LogP contribution in [0.15, 0.2) is 259 Å². The van der Waals surface area contributed by atoms with Crippen molar-refractivity contribution >= 4 is 33.1 Å². The van der Waals surface area contributed by atoms with Crippen molar-refractivity contribution in [2.75, 3.05) is 0 Å². The van der Waals surface area contributed by atoms with E-state index in [4.69, 9.17) is 24.5 Å². The Hall–Kier alpha value is -10.3. The third-order valence-electron chi connectivity index (χ3n) is 14.6. The molecule has 0 fully saturated rings. The second kappa shape index (κ2) is 18.8. The molecule has 4 aromatic heterocycles. The topological polar surface area (TPSA) is 83.4 Å². The van der Waals surface area contributed by atoms with E-state index in [1.807, 2.05) is 41.1 Å². The SMILES string of the molecule is CC(C)(C)c1ccc(-c2n[n+](-c3ccc4nc(-c5cc(-c6nc7ccccc7n6-c6ccccc6)cc(-c6nc7ccccc7n6-c6ccccc6)c5)n(-c5ccccc5)c4c3)c(-c3ccc(-c4ccccc4)cc3)o2)cc1. The molecule has 0 saturated heterocycles. The minimum Gasteiger partial charge on any atom is -0.377 e. The molecule has 0 bridgehead atoms. The van der Waals surface area contributed by atoms with Gasteiger partial charge in [0.2, 0.25) is 5.69 Å². The number of para-hydroxylation sites is 7. The highest BCUT2D eigenvalue weighted by Crippen LogP contribution is 2.40. The summed E-state index contributed by atoms with van der Waals surface area (Å²) in [6, 6.07) is 88.5. The van der Waals surface area contributed by atoms with Crippen LogP contribution in [0.4, 0.5) is 0 Å². The van der Waals surface area contributed by atoms with Crippen LogP contribution in [-0.2, 0) is 5.41 Å². The van der Waals surface area contributed by atoms with Crippen molar-refractivity contribution in [2.24, 2.45) is 0 Å². The van der Waals surface area contributed by atoms with Crippen molar-refractivity contribution in [3.63, 3.8) is 0 Å². The molecule has 14 aromatic rings. The second-order valence-corrected chi connectivity index (χ2v) is 20.7. The van der Waals surface area contributed by atoms with E-state index in [0.29, 0.717) is 11.8 Å². The van der Waals surface area contributed by atoms with Crippen LogP contribution in [0.3, 0.4) is 0 Å². The van der Waals surface area contributed by atoms with Crippen LogP contribution in [0, 0.1) is 0 Å². The Labute approximate surface area is 451 Å². The molecule has 10 aromatic carbocycles. The normalized spacial score (nSPS) is 11.8. The molecule has 9 nitrogen and oxygen atoms in total. The Balaban J connectivity index is 0.998. The fourth-order valence-electron chi connectivity index (χ4n) is 10.7. The van der Waals surface area contributed by atoms with Gasteiger partial charge < -0.3 is 4.42 Å². The first-order valence-electron chi connectivity index (χ1n) is 26.3. The number of rotatable bonds is 10. The molecule has 78 heavy (non-hydrogen) atoms. The van der Waals surface area contributed by atoms with Crippen molar-refractivity contribution in [1.82, 2.24) is 33.8 Å². The standard InChI is InChI=1S/C69H51N8O/c1-69(2,3)53-38-36-48(37-39-53)67-73-77(68(78-67)49-34-32-47(33-35-49)46-20-8-4-9-21-46)57-40-41-60-63(45-57)76(56-26-14-7-15-27-56)66(72-60)52-43-50(64-70-58-28-16-18-30-61(58)74(64)54-22-10-5-11-23-54)42-51(44-52)65-71-59-29-17-19-31-62(59)75(65)55-24-12-6-13-25-55/h4-45H,1-3H3/q+1. The number of imidazole rings is 3. The summed E-state index contributed by atoms with van der Waals surface area (Å²) in [4.78, 5) is 16.4. The maximum Gasteiger partial charge on any atom is 0.414 e. The zero-order valence-corrected chi connectivity index (χ0v) is 43.2. The summed E-state index contributed by atoms with van der Waals surface area (Å²) in [7, 11) is 0. The van der Waals surface area contributed by atoms with E-state index in [2.05, 4.69) is 253 Å². The maximum atomic E-state index is 6.86. The van der Waals surface area contributed by atoms with Gasteiger partial charge in [0.1, 0.15) is 17.5 Å². The molecule has 0 atom stereocenters. The van der Waals surface area contributed by atoms with Gasteiger partial charge in [-0.15, -0.1) is 0 Å². The van der Waals surface area contributed by atoms with Crippen molar-refractivity contribution in [3.8, 4) is 90.9 Å². The largest absolute Gasteiger partial charge is 0.414 e. The zero-order chi connectivity index (χ0) is 52.3. The molecule has 0 saturated carbocycles. The van der Waals surface area contributed by atoms with E-state index < -0.39 is 0 Å². The Bertz CT molecular complexity index is 4360. The van der Waals surface area contributed by atoms with Gasteiger partial charge in [-0.1, -0.05) is 154 Å². The van der Waals surface area contributed by atoms with Gasteiger partial charge in [-0.2, -0.15) is 0 Å². The summed E-state index contributed by atoms with van der Waals surface area (Å²) >= 11 is 0. The van der Waals surface area contributed by atoms with Crippen LogP contribution in [0.5, 0.6) is 0 Å². The first-order valence-corrected chi connectivity index (χ1v) is 26.3. The molecule has 0 aliphatic rings. The summed E-state index contributed by atoms with van der Waals surface area (Å²) in [6.45, 7) is 6.67. The Morgan fingerprint density at radius 3 is 1.23 bits per heavy atom. The van der Waals surface area contributed by atoms with Crippen LogP contribution in [0.1, 0.15) is 26.3 Å². The summed E-state index contributed by atoms with van der Waals surface area (Å²) in [6.07, 6.45) is 0. The first kappa shape index (κ1) is 46.3. The molecule has 0 aliphatic carbocycles. The molecule has 0 amide bonds. The smallest absolute Gasteiger partial charge is 0.377 e. The number of nitrogens with zero attached hydrogens (tertiary/aromatic N) is 8. The lowest BCUT2D eigenvalue weighted by atomic mass is 9.87. The molecule has 372 valence electrons. The predicted octanol–water partition coefficient (Wildman–Crippen LogP) is 16.3. The van der Waals surface area contributed by atoms with Gasteiger partial charge in [-0.25, -0.2) is 15.0 Å². The van der Waals surface area contributed by atoms with Crippen LogP contribution in [-0.4, -0.2) is 33.8 Å². The number of benzene rings is 10. The lowest BCUT2D eigenvalue weighted by Gasteiger charge is -2.18. The van der Waals surface area contributed by atoms with E-state index in [1.165, 1.54) is 5.56 Å². The summed E-state index contributed by atoms with van der Waals surface area (Å²) in [5, 5.41) is 5.27. The Morgan fingerprint density at radius 1 is 0.346 bits per heavy atom. The van der Waals surface area contributed by atoms with Gasteiger partial charge in [-0.3, -0.25) is 13.7 Å². The van der Waals surface area contributed by atoms with Crippen molar-refractivity contribution in [1.29, 1.82) is 0 Å². The highest BCUT2D eigenvalue weighted by Gasteiger charge is 2.30. The minimum atomic E-state index is -0.00235. The number of aromatic nitrogens is 8. The van der Waals surface area contributed by atoms with E-state index in [9.17, 15) is 0 Å². The predicted molar refractivity (Wildman–Crippen MR) is 313 cm³/mol. The molecule has 0 unspecified atom stereocenters. The fourth-order valence-corrected chi connectivity index (χ4v) is 10.7. The quantitative estimate of drug-likeness (QED) is 0.127. The molecule has 0 aliphatic heterocycles. The van der Waals surface area contributed by atoms with Gasteiger partial charge in [0.15, 0.2) is 0 Å². The molecule has 0 spiro atoms. The van der Waals surface area contributed by atoms with Crippen LogP contribution in [0.2, 0.25) is 0 Å². The Morgan fingerprint density at radius 2 is 0.744 bits per heavy atom. The molecule has 9 heteroatoms. The van der Waals surface area contributed by atoms with Gasteiger partial charge in [0, 0.05) is 56.5 Å². The van der Waals surface area contributed by atoms with Crippen LogP contribution in [0.25, 0.3) is 124 Å². The van der Waals surface area contributed by atoms with Crippen molar-refractivity contribution in [3.05, 3.63) is 260 Å². The third-order valence-corrected chi connectivity index (χ3v) is 14.6. The summed E-state index contributed by atoms with van der Waals surface area (Å²) in [5.74, 6) is 3.47. The zero-order valence-electron chi connectivity index (χ0n) is 43.2. The lowest BCUT2D eigenvalue weighted by Crippen LogP contribution is -2.34. The van der Waals surface area contributed by atoms with Crippen molar-refractivity contribution < 1.29 is 9.10 Å². The first-order chi connectivity index (χ1) is 38.3. The highest BCUT2D eigenvalue weighted by atomic mass is 16.4. The Kier molecular flexibility index (Phi) is 11.2. The van der Waals surface area contributed by atoms with Gasteiger partial charge in [0.05, 0.1) is 38.7 Å². The van der Waals surface area contributed by atoms with Gasteiger partial charge in [-0.05, 0) is 136 Å². The molecule has 4 heterocycles. The molecule has 0 N–H and O–H groups in total. The van der Waals surface area contributed by atoms with E-state index in [-0.39, 0.29) is 5.41 Å². The second-order valence-electron chi connectivity index (χ2n) is 20.7. The monoisotopic (exact) mass is 1010 g/mol. The molecular formula is C69H51N8O+. The molecule has 0 radical (unpaired) electrons. The average Bonchev–Trinajstić information content (AvgIpc) is 4.33. The van der Waals surface area contributed by atoms with Crippen LogP contribution < -0.4 is 4.68 Å². The number of fused-ring (bicyclic) bond motifs is 3. The van der Waals surface area contributed by atoms with Gasteiger partial charge in [0.25, 0.3) is 5.89 Å². The third kappa shape index (κ3) is 8.25. The lowest BCUT2D eigenvalue weighted by molar-refractivity contribution is -0.647. The summed E-state index contributed by atoms with van der Waals surface area (Å²) in [5.41, 5.74) is 17.3. The average molecular weight is 1010 g/mol. The number of hydrogen-bond acceptors (Lipinski definition) is 5. The fraction of sp³-hybridized carbons (Fsp3) is 0.0580. The molecule has 14 rings (SSSR count). The minimum absolute atomic E-state index is 0.00235. The maximum absolute atomic E-state index is 6.86. The van der Waals surface area contributed by atoms with Crippen molar-refractivity contribution in [2.45, 2.75) is 26.2 Å². The highest BCUT2D eigenvalue weighted by molar-refractivity contribution is 5.90.